The summed E-state index contributed by atoms with van der Waals surface area (Å²) < 4.78 is 42.7. The van der Waals surface area contributed by atoms with Gasteiger partial charge in [-0.3, -0.25) is 19.8 Å². The van der Waals surface area contributed by atoms with E-state index in [-0.39, 0.29) is 22.7 Å². The number of aromatic nitrogens is 3. The molecule has 16 heteroatoms. The van der Waals surface area contributed by atoms with Crippen molar-refractivity contribution in [2.75, 3.05) is 43.0 Å². The fourth-order valence-electron chi connectivity index (χ4n) is 12.3. The van der Waals surface area contributed by atoms with Gasteiger partial charge in [0, 0.05) is 67.7 Å². The molecule has 2 spiro atoms. The Kier molecular flexibility index (Phi) is 12.3. The minimum absolute atomic E-state index is 0.00406. The van der Waals surface area contributed by atoms with Gasteiger partial charge in [0.15, 0.2) is 0 Å². The molecule has 354 valence electrons. The minimum atomic E-state index is -4.59. The number of hydrogen-bond acceptors (Lipinski definition) is 12. The highest BCUT2D eigenvalue weighted by Gasteiger charge is 2.57. The summed E-state index contributed by atoms with van der Waals surface area (Å²) in [5, 5.41) is 16.0. The van der Waals surface area contributed by atoms with Crippen LogP contribution in [0.25, 0.3) is 11.0 Å². The Morgan fingerprint density at radius 2 is 1.77 bits per heavy atom. The molecule has 4 aromatic rings. The third-order valence-corrected chi connectivity index (χ3v) is 17.9. The minimum Gasteiger partial charge on any atom is -0.455 e. The van der Waals surface area contributed by atoms with E-state index in [9.17, 15) is 23.3 Å². The van der Waals surface area contributed by atoms with Gasteiger partial charge in [-0.2, -0.15) is 0 Å². The maximum Gasteiger partial charge on any atom is 0.312 e. The van der Waals surface area contributed by atoms with Gasteiger partial charge in [-0.05, 0) is 123 Å². The smallest absolute Gasteiger partial charge is 0.312 e. The topological polar surface area (TPSA) is 185 Å². The molecule has 1 amide bonds. The van der Waals surface area contributed by atoms with Gasteiger partial charge in [0.1, 0.15) is 22.0 Å². The number of morpholine rings is 1. The van der Waals surface area contributed by atoms with Gasteiger partial charge >= 0.3 is 5.69 Å². The highest BCUT2D eigenvalue weighted by molar-refractivity contribution is 7.90. The zero-order valence-electron chi connectivity index (χ0n) is 38.7. The molecular weight excluding hydrogens is 857 g/mol. The van der Waals surface area contributed by atoms with Crippen LogP contribution in [0.4, 0.5) is 17.2 Å². The van der Waals surface area contributed by atoms with Crippen molar-refractivity contribution in [2.45, 2.75) is 133 Å². The first-order valence-corrected chi connectivity index (χ1v) is 26.1. The van der Waals surface area contributed by atoms with Gasteiger partial charge in [-0.1, -0.05) is 46.5 Å². The normalized spacial score (nSPS) is 26.6. The number of nitrogens with zero attached hydrogens (tertiary/aromatic N) is 5. The average Bonchev–Trinajstić information content (AvgIpc) is 3.88. The van der Waals surface area contributed by atoms with E-state index in [0.29, 0.717) is 59.1 Å². The number of amides is 1. The molecule has 5 heterocycles. The van der Waals surface area contributed by atoms with Crippen molar-refractivity contribution in [3.8, 4) is 11.5 Å². The zero-order valence-corrected chi connectivity index (χ0v) is 39.5. The number of nitro groups is 1. The molecule has 4 aliphatic carbocycles. The lowest BCUT2D eigenvalue weighted by atomic mass is 9.59. The van der Waals surface area contributed by atoms with Crippen LogP contribution in [-0.2, 0) is 14.8 Å². The zero-order chi connectivity index (χ0) is 45.8. The van der Waals surface area contributed by atoms with Crippen LogP contribution in [0.2, 0.25) is 0 Å². The number of nitrogens with one attached hydrogen (secondary N) is 3. The van der Waals surface area contributed by atoms with Crippen molar-refractivity contribution in [1.82, 2.24) is 24.6 Å². The number of ether oxygens (including phenoxy) is 2. The van der Waals surface area contributed by atoms with Crippen LogP contribution in [0, 0.1) is 45.1 Å². The lowest BCUT2D eigenvalue weighted by molar-refractivity contribution is -0.384. The standard InChI is InChI=1S/C50H66N8O7S/c1-32(2)40-6-4-5-7-41(40)44-30-64-50(15-16-50)31-57(44)37-25-49(26-37)17-20-56(21-18-49)36-12-13-42(45(23-36)65-38-22-35-14-19-51-46(35)53-28-38)48(59)55-66(62,63)39-24-43(58(60)61)47(54-29-39)52-27-34-10-8-33(3)9-11-34/h12-14,19,22-24,28-29,32-34,37,40-41,44H,4-11,15-18,20-21,25-27,30-31H2,1-3H3,(H,51,53)(H,52,54)(H,55,59). The van der Waals surface area contributed by atoms with Crippen LogP contribution in [0.5, 0.6) is 11.5 Å². The molecule has 3 aromatic heterocycles. The fraction of sp³-hybridized carbons (Fsp3) is 0.620. The summed E-state index contributed by atoms with van der Waals surface area (Å²) in [6.07, 6.45) is 20.9. The molecule has 6 aliphatic rings. The molecule has 10 rings (SSSR count). The van der Waals surface area contributed by atoms with Crippen molar-refractivity contribution in [2.24, 2.45) is 35.0 Å². The number of rotatable bonds is 13. The van der Waals surface area contributed by atoms with Gasteiger partial charge < -0.3 is 24.7 Å². The van der Waals surface area contributed by atoms with E-state index in [1.54, 1.807) is 30.6 Å². The average molecular weight is 923 g/mol. The van der Waals surface area contributed by atoms with Crippen molar-refractivity contribution >= 4 is 44.2 Å². The van der Waals surface area contributed by atoms with Gasteiger partial charge in [0.25, 0.3) is 15.9 Å². The molecule has 6 fully saturated rings. The van der Waals surface area contributed by atoms with Crippen LogP contribution in [-0.4, -0.2) is 89.6 Å². The van der Waals surface area contributed by atoms with Crippen molar-refractivity contribution < 1.29 is 27.6 Å². The molecule has 2 aliphatic heterocycles. The predicted octanol–water partition coefficient (Wildman–Crippen LogP) is 9.46. The van der Waals surface area contributed by atoms with E-state index >= 15 is 0 Å². The fourth-order valence-corrected chi connectivity index (χ4v) is 13.3. The molecule has 3 N–H and O–H groups in total. The Hall–Kier alpha value is -4.80. The predicted molar refractivity (Wildman–Crippen MR) is 253 cm³/mol. The Balaban J connectivity index is 0.837. The van der Waals surface area contributed by atoms with Crippen molar-refractivity contribution in [3.05, 3.63) is 70.7 Å². The van der Waals surface area contributed by atoms with Gasteiger partial charge in [-0.15, -0.1) is 0 Å². The number of aromatic amines is 1. The SMILES string of the molecule is CC1CCC(CNc2ncc(S(=O)(=O)NC(=O)c3ccc(N4CCC5(CC4)CC(N4CC6(CC6)OCC4C4CCCCC4C(C)C)C5)cc3Oc3cnc4[nH]ccc4c3)cc2[N+](=O)[O-])CC1. The summed E-state index contributed by atoms with van der Waals surface area (Å²) in [5.74, 6) is 2.79. The number of pyridine rings is 2. The first-order chi connectivity index (χ1) is 31.8. The van der Waals surface area contributed by atoms with Crippen molar-refractivity contribution in [3.63, 3.8) is 0 Å². The molecule has 2 saturated heterocycles. The second kappa shape index (κ2) is 18.0. The number of fused-ring (bicyclic) bond motifs is 1. The highest BCUT2D eigenvalue weighted by atomic mass is 32.2. The molecule has 1 aromatic carbocycles. The molecule has 66 heavy (non-hydrogen) atoms. The summed E-state index contributed by atoms with van der Waals surface area (Å²) >= 11 is 0. The van der Waals surface area contributed by atoms with Crippen LogP contribution in [0.3, 0.4) is 0 Å². The molecule has 0 radical (unpaired) electrons. The summed E-state index contributed by atoms with van der Waals surface area (Å²) in [6.45, 7) is 11.2. The van der Waals surface area contributed by atoms with E-state index < -0.39 is 31.4 Å². The van der Waals surface area contributed by atoms with Crippen LogP contribution < -0.4 is 19.7 Å². The first-order valence-electron chi connectivity index (χ1n) is 24.6. The highest BCUT2D eigenvalue weighted by Crippen LogP contribution is 2.55. The number of sulfonamides is 1. The number of piperidine rings is 1. The number of H-pyrrole nitrogens is 1. The van der Waals surface area contributed by atoms with Gasteiger partial charge in [0.05, 0.1) is 35.1 Å². The third kappa shape index (κ3) is 9.25. The van der Waals surface area contributed by atoms with E-state index in [0.717, 1.165) is 94.0 Å². The second-order valence-electron chi connectivity index (χ2n) is 21.2. The summed E-state index contributed by atoms with van der Waals surface area (Å²) in [4.78, 5) is 42.0. The van der Waals surface area contributed by atoms with Crippen LogP contribution >= 0.6 is 0 Å². The van der Waals surface area contributed by atoms with E-state index in [4.69, 9.17) is 9.47 Å². The van der Waals surface area contributed by atoms with Gasteiger partial charge in [0.2, 0.25) is 5.82 Å². The molecule has 3 atom stereocenters. The lowest BCUT2D eigenvalue weighted by Crippen LogP contribution is -2.64. The molecular formula is C50H66N8O7S. The summed E-state index contributed by atoms with van der Waals surface area (Å²) in [5.41, 5.74) is 1.46. The molecule has 3 unspecified atom stereocenters. The molecule has 15 nitrogen and oxygen atoms in total. The molecule has 4 saturated carbocycles. The van der Waals surface area contributed by atoms with E-state index in [1.807, 2.05) is 12.1 Å². The summed E-state index contributed by atoms with van der Waals surface area (Å²) in [6, 6.07) is 11.0. The Morgan fingerprint density at radius 1 is 1.00 bits per heavy atom. The second-order valence-corrected chi connectivity index (χ2v) is 22.9. The lowest BCUT2D eigenvalue weighted by Gasteiger charge is -2.60. The maximum atomic E-state index is 14.0. The van der Waals surface area contributed by atoms with E-state index in [1.165, 1.54) is 51.4 Å². The van der Waals surface area contributed by atoms with Crippen molar-refractivity contribution in [1.29, 1.82) is 0 Å². The number of anilines is 2. The Labute approximate surface area is 388 Å². The number of carbonyl (C=O) groups is 1. The maximum absolute atomic E-state index is 14.0. The quantitative estimate of drug-likeness (QED) is 0.0854. The monoisotopic (exact) mass is 922 g/mol. The number of benzene rings is 1. The first kappa shape index (κ1) is 45.0. The third-order valence-electron chi connectivity index (χ3n) is 16.6. The van der Waals surface area contributed by atoms with Crippen LogP contribution in [0.15, 0.2) is 59.9 Å². The Bertz CT molecular complexity index is 2540. The number of carbonyl (C=O) groups excluding carboxylic acids is 1. The van der Waals surface area contributed by atoms with Crippen LogP contribution in [0.1, 0.15) is 121 Å². The summed E-state index contributed by atoms with van der Waals surface area (Å²) in [7, 11) is -4.59. The van der Waals surface area contributed by atoms with Gasteiger partial charge in [-0.25, -0.2) is 23.1 Å². The van der Waals surface area contributed by atoms with E-state index in [2.05, 4.69) is 55.6 Å². The number of hydrogen-bond donors (Lipinski definition) is 3. The largest absolute Gasteiger partial charge is 0.455 e. The Morgan fingerprint density at radius 3 is 2.52 bits per heavy atom. The molecule has 0 bridgehead atoms.